The van der Waals surface area contributed by atoms with Gasteiger partial charge in [0.05, 0.1) is 6.54 Å². The van der Waals surface area contributed by atoms with Crippen LogP contribution in [-0.2, 0) is 6.54 Å². The highest BCUT2D eigenvalue weighted by Gasteiger charge is 1.94. The second-order valence-electron chi connectivity index (χ2n) is 2.63. The molecule has 0 aliphatic rings. The van der Waals surface area contributed by atoms with E-state index in [1.54, 1.807) is 42.1 Å². The van der Waals surface area contributed by atoms with Crippen LogP contribution in [0.25, 0.3) is 0 Å². The molecule has 2 aromatic heterocycles. The molecule has 4 heteroatoms. The highest BCUT2D eigenvalue weighted by molar-refractivity contribution is 7.09. The zero-order valence-corrected chi connectivity index (χ0v) is 7.70. The highest BCUT2D eigenvalue weighted by atomic mass is 32.1. The first-order chi connectivity index (χ1) is 6.34. The molecule has 0 saturated heterocycles. The minimum Gasteiger partial charge on any atom is -0.347 e. The van der Waals surface area contributed by atoms with Crippen molar-refractivity contribution in [1.82, 2.24) is 9.55 Å². The average molecular weight is 192 g/mol. The predicted molar refractivity (Wildman–Crippen MR) is 51.9 cm³/mol. The Morgan fingerprint density at radius 3 is 2.77 bits per heavy atom. The van der Waals surface area contributed by atoms with Crippen molar-refractivity contribution in [2.75, 3.05) is 0 Å². The lowest BCUT2D eigenvalue weighted by Crippen LogP contribution is -2.04. The van der Waals surface area contributed by atoms with Crippen molar-refractivity contribution in [3.8, 4) is 0 Å². The summed E-state index contributed by atoms with van der Waals surface area (Å²) >= 11 is 1.61. The lowest BCUT2D eigenvalue weighted by Gasteiger charge is -2.00. The zero-order valence-electron chi connectivity index (χ0n) is 6.88. The van der Waals surface area contributed by atoms with Crippen LogP contribution in [0.15, 0.2) is 40.9 Å². The zero-order chi connectivity index (χ0) is 9.10. The highest BCUT2D eigenvalue weighted by Crippen LogP contribution is 2.05. The Morgan fingerprint density at radius 2 is 2.15 bits per heavy atom. The monoisotopic (exact) mass is 192 g/mol. The van der Waals surface area contributed by atoms with Crippen LogP contribution in [-0.4, -0.2) is 9.55 Å². The number of rotatable bonds is 2. The molecule has 0 aliphatic heterocycles. The second kappa shape index (κ2) is 3.53. The fourth-order valence-electron chi connectivity index (χ4n) is 1.04. The Hall–Kier alpha value is -1.42. The molecule has 0 spiro atoms. The molecule has 0 radical (unpaired) electrons. The summed E-state index contributed by atoms with van der Waals surface area (Å²) in [6.45, 7) is 0.734. The van der Waals surface area contributed by atoms with Gasteiger partial charge < -0.3 is 4.57 Å². The van der Waals surface area contributed by atoms with Gasteiger partial charge in [-0.05, 0) is 0 Å². The van der Waals surface area contributed by atoms with Crippen molar-refractivity contribution < 1.29 is 0 Å². The molecule has 0 saturated carbocycles. The smallest absolute Gasteiger partial charge is 0.181 e. The third kappa shape index (κ3) is 2.03. The summed E-state index contributed by atoms with van der Waals surface area (Å²) in [4.78, 5) is 15.0. The molecular weight excluding hydrogens is 184 g/mol. The van der Waals surface area contributed by atoms with Gasteiger partial charge in [0, 0.05) is 36.1 Å². The van der Waals surface area contributed by atoms with Crippen LogP contribution >= 0.6 is 11.3 Å². The second-order valence-corrected chi connectivity index (χ2v) is 3.61. The fraction of sp³-hybridized carbons (Fsp3) is 0.111. The van der Waals surface area contributed by atoms with E-state index in [0.29, 0.717) is 0 Å². The number of hydrogen-bond donors (Lipinski definition) is 0. The lowest BCUT2D eigenvalue weighted by molar-refractivity contribution is 0.782. The predicted octanol–water partition coefficient (Wildman–Crippen LogP) is 1.35. The van der Waals surface area contributed by atoms with E-state index in [4.69, 9.17) is 0 Å². The molecule has 0 aromatic carbocycles. The SMILES string of the molecule is O=c1ccn(Cc2nccs2)cc1. The summed E-state index contributed by atoms with van der Waals surface area (Å²) < 4.78 is 1.93. The molecule has 13 heavy (non-hydrogen) atoms. The van der Waals surface area contributed by atoms with Crippen molar-refractivity contribution in [1.29, 1.82) is 0 Å². The van der Waals surface area contributed by atoms with Gasteiger partial charge in [0.25, 0.3) is 0 Å². The van der Waals surface area contributed by atoms with Gasteiger partial charge in [0.1, 0.15) is 5.01 Å². The van der Waals surface area contributed by atoms with E-state index in [0.717, 1.165) is 11.6 Å². The van der Waals surface area contributed by atoms with Crippen molar-refractivity contribution in [3.63, 3.8) is 0 Å². The summed E-state index contributed by atoms with van der Waals surface area (Å²) in [7, 11) is 0. The Morgan fingerprint density at radius 1 is 1.38 bits per heavy atom. The van der Waals surface area contributed by atoms with Gasteiger partial charge in [0.2, 0.25) is 0 Å². The van der Waals surface area contributed by atoms with Crippen LogP contribution in [0.5, 0.6) is 0 Å². The molecular formula is C9H8N2OS. The van der Waals surface area contributed by atoms with E-state index in [1.807, 2.05) is 9.95 Å². The quantitative estimate of drug-likeness (QED) is 0.720. The van der Waals surface area contributed by atoms with Gasteiger partial charge in [-0.15, -0.1) is 11.3 Å². The fourth-order valence-corrected chi connectivity index (χ4v) is 1.66. The van der Waals surface area contributed by atoms with Gasteiger partial charge >= 0.3 is 0 Å². The number of thiazole rings is 1. The first-order valence-electron chi connectivity index (χ1n) is 3.89. The van der Waals surface area contributed by atoms with Crippen molar-refractivity contribution >= 4 is 11.3 Å². The molecule has 0 amide bonds. The molecule has 2 rings (SSSR count). The minimum atomic E-state index is 0.0374. The van der Waals surface area contributed by atoms with Gasteiger partial charge in [0.15, 0.2) is 5.43 Å². The molecule has 66 valence electrons. The third-order valence-corrected chi connectivity index (χ3v) is 2.43. The normalized spacial score (nSPS) is 10.2. The summed E-state index contributed by atoms with van der Waals surface area (Å²) in [5.74, 6) is 0. The molecule has 0 unspecified atom stereocenters. The van der Waals surface area contributed by atoms with Gasteiger partial charge in [-0.25, -0.2) is 4.98 Å². The maximum atomic E-state index is 10.8. The van der Waals surface area contributed by atoms with E-state index >= 15 is 0 Å². The molecule has 0 fully saturated rings. The maximum absolute atomic E-state index is 10.8. The van der Waals surface area contributed by atoms with Gasteiger partial charge in [-0.3, -0.25) is 4.79 Å². The number of pyridine rings is 1. The Kier molecular flexibility index (Phi) is 2.23. The Bertz CT molecular complexity index is 413. The number of nitrogens with zero attached hydrogens (tertiary/aromatic N) is 2. The van der Waals surface area contributed by atoms with Crippen molar-refractivity contribution in [2.24, 2.45) is 0 Å². The topological polar surface area (TPSA) is 34.9 Å². The first-order valence-corrected chi connectivity index (χ1v) is 4.77. The van der Waals surface area contributed by atoms with Crippen LogP contribution in [0.2, 0.25) is 0 Å². The average Bonchev–Trinajstić information content (AvgIpc) is 2.62. The first kappa shape index (κ1) is 8.19. The number of aromatic nitrogens is 2. The van der Waals surface area contributed by atoms with E-state index in [-0.39, 0.29) is 5.43 Å². The minimum absolute atomic E-state index is 0.0374. The van der Waals surface area contributed by atoms with Crippen molar-refractivity contribution in [2.45, 2.75) is 6.54 Å². The van der Waals surface area contributed by atoms with Crippen molar-refractivity contribution in [3.05, 3.63) is 51.3 Å². The molecule has 0 N–H and O–H groups in total. The van der Waals surface area contributed by atoms with Crippen LogP contribution in [0.3, 0.4) is 0 Å². The molecule has 0 bridgehead atoms. The van der Waals surface area contributed by atoms with E-state index < -0.39 is 0 Å². The molecule has 0 atom stereocenters. The van der Waals surface area contributed by atoms with E-state index in [9.17, 15) is 4.79 Å². The van der Waals surface area contributed by atoms with Crippen LogP contribution in [0, 0.1) is 0 Å². The van der Waals surface area contributed by atoms with Crippen LogP contribution in [0.1, 0.15) is 5.01 Å². The summed E-state index contributed by atoms with van der Waals surface area (Å²) in [6, 6.07) is 3.10. The largest absolute Gasteiger partial charge is 0.347 e. The Balaban J connectivity index is 2.19. The van der Waals surface area contributed by atoms with Crippen LogP contribution in [0.4, 0.5) is 0 Å². The summed E-state index contributed by atoms with van der Waals surface area (Å²) in [6.07, 6.45) is 5.32. The lowest BCUT2D eigenvalue weighted by atomic mass is 10.4. The van der Waals surface area contributed by atoms with Crippen LogP contribution < -0.4 is 5.43 Å². The molecule has 3 nitrogen and oxygen atoms in total. The van der Waals surface area contributed by atoms with Gasteiger partial charge in [-0.1, -0.05) is 0 Å². The third-order valence-electron chi connectivity index (χ3n) is 1.66. The standard InChI is InChI=1S/C9H8N2OS/c12-8-1-4-11(5-2-8)7-9-10-3-6-13-9/h1-6H,7H2. The summed E-state index contributed by atoms with van der Waals surface area (Å²) in [5, 5.41) is 2.99. The van der Waals surface area contributed by atoms with E-state index in [1.165, 1.54) is 0 Å². The molecule has 2 aromatic rings. The van der Waals surface area contributed by atoms with E-state index in [2.05, 4.69) is 4.98 Å². The molecule has 2 heterocycles. The maximum Gasteiger partial charge on any atom is 0.181 e. The summed E-state index contributed by atoms with van der Waals surface area (Å²) in [5.41, 5.74) is 0.0374. The number of hydrogen-bond acceptors (Lipinski definition) is 3. The Labute approximate surface area is 79.3 Å². The molecule has 0 aliphatic carbocycles. The van der Waals surface area contributed by atoms with Gasteiger partial charge in [-0.2, -0.15) is 0 Å².